The summed E-state index contributed by atoms with van der Waals surface area (Å²) < 4.78 is 0. The maximum atomic E-state index is 10.8. The molecule has 0 aliphatic heterocycles. The maximum Gasteiger partial charge on any atom is 0.215 e. The van der Waals surface area contributed by atoms with Crippen LogP contribution in [0.4, 0.5) is 0 Å². The number of hydrogen-bond donors (Lipinski definition) is 1. The molecule has 0 aromatic heterocycles. The van der Waals surface area contributed by atoms with Crippen molar-refractivity contribution in [1.29, 1.82) is 0 Å². The summed E-state index contributed by atoms with van der Waals surface area (Å²) in [5.74, 6) is 0. The first kappa shape index (κ1) is 10.7. The van der Waals surface area contributed by atoms with E-state index < -0.39 is 0 Å². The fraction of sp³-hybridized carbons (Fsp3) is 0.833. The minimum absolute atomic E-state index is 0.0917. The van der Waals surface area contributed by atoms with Crippen molar-refractivity contribution in [2.45, 2.75) is 32.2 Å². The fourth-order valence-electron chi connectivity index (χ4n) is 0.599. The minimum Gasteiger partial charge on any atom is -0.321 e. The predicted molar refractivity (Wildman–Crippen MR) is 54.1 cm³/mol. The Morgan fingerprint density at radius 1 is 1.80 bits per heavy atom. The molecule has 0 unspecified atom stereocenters. The summed E-state index contributed by atoms with van der Waals surface area (Å²) in [6.07, 6.45) is 2.97. The zero-order valence-electron chi connectivity index (χ0n) is 5.97. The van der Waals surface area contributed by atoms with Gasteiger partial charge in [0.05, 0.1) is 6.04 Å². The van der Waals surface area contributed by atoms with E-state index in [2.05, 4.69) is 6.92 Å². The molecule has 0 bridgehead atoms. The van der Waals surface area contributed by atoms with Crippen molar-refractivity contribution in [2.75, 3.05) is 0 Å². The highest BCUT2D eigenvalue weighted by Crippen LogP contribution is 2.15. The van der Waals surface area contributed by atoms with Crippen LogP contribution in [0.2, 0.25) is 0 Å². The highest BCUT2D eigenvalue weighted by atomic mass is 127. The Morgan fingerprint density at radius 3 is 2.80 bits per heavy atom. The molecular formula is C6H12INOS. The third kappa shape index (κ3) is 4.51. The molecular weight excluding hydrogens is 261 g/mol. The topological polar surface area (TPSA) is 43.1 Å². The van der Waals surface area contributed by atoms with Gasteiger partial charge in [-0.15, -0.1) is 0 Å². The number of rotatable bonds is 4. The average Bonchev–Trinajstić information content (AvgIpc) is 1.98. The molecule has 0 aromatic carbocycles. The highest BCUT2D eigenvalue weighted by Gasteiger charge is 2.10. The molecule has 0 saturated heterocycles. The van der Waals surface area contributed by atoms with Crippen LogP contribution < -0.4 is 5.73 Å². The zero-order valence-corrected chi connectivity index (χ0v) is 8.94. The first-order valence-electron chi connectivity index (χ1n) is 3.30. The molecule has 0 aromatic rings. The molecule has 0 fully saturated rings. The quantitative estimate of drug-likeness (QED) is 0.798. The van der Waals surface area contributed by atoms with Crippen LogP contribution in [0.1, 0.15) is 26.2 Å². The van der Waals surface area contributed by atoms with Crippen molar-refractivity contribution in [2.24, 2.45) is 5.73 Å². The smallest absolute Gasteiger partial charge is 0.215 e. The van der Waals surface area contributed by atoms with E-state index in [-0.39, 0.29) is 11.2 Å². The van der Waals surface area contributed by atoms with Crippen molar-refractivity contribution in [3.8, 4) is 0 Å². The van der Waals surface area contributed by atoms with Gasteiger partial charge in [-0.1, -0.05) is 19.8 Å². The van der Waals surface area contributed by atoms with Gasteiger partial charge in [-0.05, 0) is 15.4 Å². The van der Waals surface area contributed by atoms with E-state index in [1.807, 2.05) is 21.2 Å². The number of nitrogens with two attached hydrogens (primary N) is 1. The van der Waals surface area contributed by atoms with E-state index in [9.17, 15) is 4.79 Å². The molecule has 10 heavy (non-hydrogen) atoms. The summed E-state index contributed by atoms with van der Waals surface area (Å²) >= 11 is 1.97. The van der Waals surface area contributed by atoms with Crippen LogP contribution in [-0.4, -0.2) is 11.2 Å². The van der Waals surface area contributed by atoms with Crippen molar-refractivity contribution in [3.05, 3.63) is 0 Å². The van der Waals surface area contributed by atoms with E-state index in [0.717, 1.165) is 19.3 Å². The normalized spacial score (nSPS) is 13.1. The lowest BCUT2D eigenvalue weighted by Gasteiger charge is -2.05. The third-order valence-electron chi connectivity index (χ3n) is 1.25. The molecule has 2 nitrogen and oxygen atoms in total. The lowest BCUT2D eigenvalue weighted by atomic mass is 10.1. The molecule has 4 heteroatoms. The molecule has 0 aliphatic carbocycles. The summed E-state index contributed by atoms with van der Waals surface area (Å²) in [6.45, 7) is 2.09. The van der Waals surface area contributed by atoms with Crippen LogP contribution in [0.25, 0.3) is 0 Å². The minimum atomic E-state index is -0.248. The lowest BCUT2D eigenvalue weighted by Crippen LogP contribution is -2.27. The van der Waals surface area contributed by atoms with Crippen molar-refractivity contribution in [1.82, 2.24) is 0 Å². The molecule has 60 valence electrons. The largest absolute Gasteiger partial charge is 0.321 e. The van der Waals surface area contributed by atoms with Gasteiger partial charge in [-0.2, -0.15) is 0 Å². The molecule has 0 amide bonds. The molecule has 0 saturated carbocycles. The van der Waals surface area contributed by atoms with Crippen molar-refractivity contribution >= 4 is 35.3 Å². The Morgan fingerprint density at radius 2 is 2.40 bits per heavy atom. The van der Waals surface area contributed by atoms with Crippen molar-refractivity contribution in [3.63, 3.8) is 0 Å². The van der Waals surface area contributed by atoms with Gasteiger partial charge in [0.15, 0.2) is 0 Å². The van der Waals surface area contributed by atoms with Crippen molar-refractivity contribution < 1.29 is 4.79 Å². The van der Waals surface area contributed by atoms with Gasteiger partial charge < -0.3 is 5.73 Å². The van der Waals surface area contributed by atoms with E-state index in [4.69, 9.17) is 5.73 Å². The summed E-state index contributed by atoms with van der Waals surface area (Å²) in [4.78, 5) is 10.8. The molecule has 0 aliphatic rings. The van der Waals surface area contributed by atoms with E-state index in [1.54, 1.807) is 0 Å². The Balaban J connectivity index is 3.41. The second-order valence-corrected chi connectivity index (χ2v) is 4.02. The van der Waals surface area contributed by atoms with Gasteiger partial charge in [0, 0.05) is 21.2 Å². The van der Waals surface area contributed by atoms with Crippen LogP contribution >= 0.6 is 30.1 Å². The van der Waals surface area contributed by atoms with Crippen LogP contribution in [0.3, 0.4) is 0 Å². The van der Waals surface area contributed by atoms with Crippen LogP contribution in [0, 0.1) is 0 Å². The summed E-state index contributed by atoms with van der Waals surface area (Å²) in [7, 11) is 1.19. The molecule has 2 N–H and O–H groups in total. The highest BCUT2D eigenvalue weighted by molar-refractivity contribution is 14.2. The summed E-state index contributed by atoms with van der Waals surface area (Å²) in [6, 6.07) is -0.248. The van der Waals surface area contributed by atoms with Gasteiger partial charge in [-0.25, -0.2) is 0 Å². The zero-order chi connectivity index (χ0) is 7.98. The molecule has 0 radical (unpaired) electrons. The molecule has 0 rings (SSSR count). The Kier molecular flexibility index (Phi) is 6.88. The average molecular weight is 273 g/mol. The van der Waals surface area contributed by atoms with Crippen LogP contribution in [-0.2, 0) is 4.79 Å². The lowest BCUT2D eigenvalue weighted by molar-refractivity contribution is -0.112. The fourth-order valence-corrected chi connectivity index (χ4v) is 1.81. The third-order valence-corrected chi connectivity index (χ3v) is 3.00. The van der Waals surface area contributed by atoms with E-state index in [0.29, 0.717) is 0 Å². The SMILES string of the molecule is CCCC[C@H](N)C(=O)SI. The molecule has 0 heterocycles. The maximum absolute atomic E-state index is 10.8. The Hall–Kier alpha value is 0.710. The van der Waals surface area contributed by atoms with Gasteiger partial charge in [0.1, 0.15) is 0 Å². The number of halogens is 1. The van der Waals surface area contributed by atoms with Gasteiger partial charge in [-0.3, -0.25) is 4.79 Å². The number of hydrogen-bond acceptors (Lipinski definition) is 3. The Labute approximate surface area is 77.9 Å². The van der Waals surface area contributed by atoms with Gasteiger partial charge in [0.25, 0.3) is 0 Å². The monoisotopic (exact) mass is 273 g/mol. The summed E-state index contributed by atoms with van der Waals surface area (Å²) in [5.41, 5.74) is 5.54. The summed E-state index contributed by atoms with van der Waals surface area (Å²) in [5, 5.41) is 0.0917. The predicted octanol–water partition coefficient (Wildman–Crippen LogP) is 2.11. The standard InChI is InChI=1S/C6H12INOS/c1-2-3-4-5(8)6(9)10-7/h5H,2-4,8H2,1H3/t5-/m0/s1. The van der Waals surface area contributed by atoms with Gasteiger partial charge >= 0.3 is 0 Å². The first-order valence-corrected chi connectivity index (χ1v) is 6.66. The second-order valence-electron chi connectivity index (χ2n) is 2.14. The van der Waals surface area contributed by atoms with Crippen LogP contribution in [0.15, 0.2) is 0 Å². The second kappa shape index (κ2) is 6.42. The number of unbranched alkanes of at least 4 members (excludes halogenated alkanes) is 1. The van der Waals surface area contributed by atoms with Crippen LogP contribution in [0.5, 0.6) is 0 Å². The first-order chi connectivity index (χ1) is 4.72. The molecule has 0 spiro atoms. The van der Waals surface area contributed by atoms with E-state index in [1.165, 1.54) is 8.93 Å². The molecule has 1 atom stereocenters. The van der Waals surface area contributed by atoms with Gasteiger partial charge in [0.2, 0.25) is 5.12 Å². The number of carbonyl (C=O) groups excluding carboxylic acids is 1. The van der Waals surface area contributed by atoms with E-state index >= 15 is 0 Å². The Bertz CT molecular complexity index is 110. The number of carbonyl (C=O) groups is 1.